The molecule has 0 bridgehead atoms. The fourth-order valence-electron chi connectivity index (χ4n) is 3.00. The molecule has 1 aromatic carbocycles. The lowest BCUT2D eigenvalue weighted by Gasteiger charge is -2.36. The number of aliphatic hydroxyl groups is 3. The Morgan fingerprint density at radius 1 is 1.16 bits per heavy atom. The Kier molecular flexibility index (Phi) is 5.85. The number of hydrogen-bond acceptors (Lipinski definition) is 7. The molecule has 2 aliphatic heterocycles. The van der Waals surface area contributed by atoms with Gasteiger partial charge in [0, 0.05) is 5.56 Å². The molecule has 0 amide bonds. The van der Waals surface area contributed by atoms with Crippen LogP contribution in [0.15, 0.2) is 43.0 Å². The molecule has 0 spiro atoms. The molecule has 3 rings (SSSR count). The zero-order chi connectivity index (χ0) is 17.9. The Balaban J connectivity index is 1.83. The average Bonchev–Trinajstić information content (AvgIpc) is 3.03. The van der Waals surface area contributed by atoms with Crippen molar-refractivity contribution in [1.29, 1.82) is 0 Å². The molecule has 7 heteroatoms. The monoisotopic (exact) mass is 352 g/mol. The van der Waals surface area contributed by atoms with Crippen molar-refractivity contribution in [3.63, 3.8) is 0 Å². The van der Waals surface area contributed by atoms with Crippen molar-refractivity contribution in [2.45, 2.75) is 49.5 Å². The van der Waals surface area contributed by atoms with Gasteiger partial charge in [-0.25, -0.2) is 0 Å². The number of ether oxygens (including phenoxy) is 4. The van der Waals surface area contributed by atoms with E-state index in [1.165, 1.54) is 0 Å². The van der Waals surface area contributed by atoms with E-state index in [1.54, 1.807) is 18.2 Å². The number of hydrogen-bond donors (Lipinski definition) is 3. The lowest BCUT2D eigenvalue weighted by molar-refractivity contribution is -0.367. The summed E-state index contributed by atoms with van der Waals surface area (Å²) in [5.74, 6) is -1.54. The van der Waals surface area contributed by atoms with E-state index in [0.717, 1.165) is 12.8 Å². The SMILES string of the molecule is C=CCCCOC1(c2ccccc2)O[C@@H]2O[C@H](CO)[C@@H](O)[C@H](O)[C@@H]2O1. The number of benzene rings is 1. The quantitative estimate of drug-likeness (QED) is 0.489. The van der Waals surface area contributed by atoms with Gasteiger partial charge in [-0.1, -0.05) is 36.4 Å². The van der Waals surface area contributed by atoms with Crippen molar-refractivity contribution < 1.29 is 34.3 Å². The normalized spacial score (nSPS) is 37.6. The molecule has 2 heterocycles. The molecule has 0 aromatic heterocycles. The van der Waals surface area contributed by atoms with Crippen molar-refractivity contribution in [1.82, 2.24) is 0 Å². The van der Waals surface area contributed by atoms with Crippen molar-refractivity contribution in [2.24, 2.45) is 0 Å². The third kappa shape index (κ3) is 3.63. The second-order valence-corrected chi connectivity index (χ2v) is 6.11. The standard InChI is InChI=1S/C18H24O7/c1-2-3-7-10-22-18(12-8-5-4-6-9-12)24-16-15(21)14(20)13(11-19)23-17(16)25-18/h2,4-6,8-9,13-17,19-21H,1,3,7,10-11H2/t13-,14-,15+,16+,17+,18?/m1/s1. The van der Waals surface area contributed by atoms with E-state index >= 15 is 0 Å². The minimum Gasteiger partial charge on any atom is -0.394 e. The summed E-state index contributed by atoms with van der Waals surface area (Å²) in [6.07, 6.45) is -2.09. The van der Waals surface area contributed by atoms with Gasteiger partial charge in [-0.15, -0.1) is 6.58 Å². The molecule has 7 nitrogen and oxygen atoms in total. The number of fused-ring (bicyclic) bond motifs is 1. The smallest absolute Gasteiger partial charge is 0.314 e. The first-order valence-electron chi connectivity index (χ1n) is 8.40. The Labute approximate surface area is 146 Å². The van der Waals surface area contributed by atoms with Crippen LogP contribution in [-0.2, 0) is 24.9 Å². The number of aliphatic hydroxyl groups excluding tert-OH is 3. The molecule has 0 aliphatic carbocycles. The minimum absolute atomic E-state index is 0.350. The Morgan fingerprint density at radius 2 is 1.92 bits per heavy atom. The van der Waals surface area contributed by atoms with E-state index in [-0.39, 0.29) is 0 Å². The summed E-state index contributed by atoms with van der Waals surface area (Å²) in [6, 6.07) is 9.07. The fraction of sp³-hybridized carbons (Fsp3) is 0.556. The first kappa shape index (κ1) is 18.5. The van der Waals surface area contributed by atoms with Crippen LogP contribution in [0.3, 0.4) is 0 Å². The molecule has 2 fully saturated rings. The molecule has 1 unspecified atom stereocenters. The zero-order valence-electron chi connectivity index (χ0n) is 13.9. The van der Waals surface area contributed by atoms with E-state index in [9.17, 15) is 15.3 Å². The highest BCUT2D eigenvalue weighted by molar-refractivity contribution is 5.19. The van der Waals surface area contributed by atoms with E-state index in [4.69, 9.17) is 18.9 Å². The first-order valence-corrected chi connectivity index (χ1v) is 8.40. The first-order chi connectivity index (χ1) is 12.1. The summed E-state index contributed by atoms with van der Waals surface area (Å²) in [4.78, 5) is 0. The zero-order valence-corrected chi connectivity index (χ0v) is 13.9. The molecule has 6 atom stereocenters. The highest BCUT2D eigenvalue weighted by Crippen LogP contribution is 2.43. The molecule has 0 radical (unpaired) electrons. The predicted molar refractivity (Wildman–Crippen MR) is 87.2 cm³/mol. The van der Waals surface area contributed by atoms with Crippen molar-refractivity contribution in [2.75, 3.05) is 13.2 Å². The van der Waals surface area contributed by atoms with Gasteiger partial charge >= 0.3 is 5.97 Å². The lowest BCUT2D eigenvalue weighted by atomic mass is 9.99. The van der Waals surface area contributed by atoms with Crippen molar-refractivity contribution >= 4 is 0 Å². The second-order valence-electron chi connectivity index (χ2n) is 6.11. The summed E-state index contributed by atoms with van der Waals surface area (Å²) in [6.45, 7) is 3.59. The lowest BCUT2D eigenvalue weighted by Crippen LogP contribution is -2.57. The van der Waals surface area contributed by atoms with E-state index < -0.39 is 43.3 Å². The molecular formula is C18H24O7. The van der Waals surface area contributed by atoms with Crippen LogP contribution < -0.4 is 0 Å². The van der Waals surface area contributed by atoms with Crippen LogP contribution in [0.25, 0.3) is 0 Å². The number of unbranched alkanes of at least 4 members (excludes halogenated alkanes) is 1. The van der Waals surface area contributed by atoms with Crippen LogP contribution in [0.2, 0.25) is 0 Å². The van der Waals surface area contributed by atoms with Gasteiger partial charge in [-0.2, -0.15) is 0 Å². The second kappa shape index (κ2) is 7.92. The van der Waals surface area contributed by atoms with Crippen LogP contribution in [0.5, 0.6) is 0 Å². The summed E-state index contributed by atoms with van der Waals surface area (Å²) in [7, 11) is 0. The van der Waals surface area contributed by atoms with E-state index in [2.05, 4.69) is 6.58 Å². The van der Waals surface area contributed by atoms with Gasteiger partial charge in [0.05, 0.1) is 13.2 Å². The van der Waals surface area contributed by atoms with Crippen LogP contribution in [0.1, 0.15) is 18.4 Å². The van der Waals surface area contributed by atoms with Gasteiger partial charge in [0.15, 0.2) is 6.29 Å². The van der Waals surface area contributed by atoms with Crippen LogP contribution in [0.4, 0.5) is 0 Å². The molecule has 25 heavy (non-hydrogen) atoms. The highest BCUT2D eigenvalue weighted by atomic mass is 16.9. The van der Waals surface area contributed by atoms with Gasteiger partial charge in [-0.05, 0) is 12.8 Å². The maximum Gasteiger partial charge on any atom is 0.314 e. The molecular weight excluding hydrogens is 328 g/mol. The summed E-state index contributed by atoms with van der Waals surface area (Å²) < 4.78 is 23.2. The van der Waals surface area contributed by atoms with Gasteiger partial charge in [0.2, 0.25) is 0 Å². The van der Waals surface area contributed by atoms with E-state index in [1.807, 2.05) is 18.2 Å². The van der Waals surface area contributed by atoms with Crippen LogP contribution >= 0.6 is 0 Å². The van der Waals surface area contributed by atoms with Crippen molar-refractivity contribution in [3.8, 4) is 0 Å². The third-order valence-corrected chi connectivity index (χ3v) is 4.36. The number of allylic oxidation sites excluding steroid dienone is 1. The molecule has 2 saturated heterocycles. The molecule has 1 aromatic rings. The van der Waals surface area contributed by atoms with Gasteiger partial charge < -0.3 is 29.5 Å². The molecule has 138 valence electrons. The minimum atomic E-state index is -1.54. The maximum absolute atomic E-state index is 10.3. The number of rotatable bonds is 7. The Bertz CT molecular complexity index is 566. The largest absolute Gasteiger partial charge is 0.394 e. The summed E-state index contributed by atoms with van der Waals surface area (Å²) in [5, 5.41) is 29.7. The topological polar surface area (TPSA) is 97.6 Å². The predicted octanol–water partition coefficient (Wildman–Crippen LogP) is 0.634. The van der Waals surface area contributed by atoms with Gasteiger partial charge in [0.1, 0.15) is 24.4 Å². The molecule has 2 aliphatic rings. The molecule has 3 N–H and O–H groups in total. The highest BCUT2D eigenvalue weighted by Gasteiger charge is 2.58. The Morgan fingerprint density at radius 3 is 2.60 bits per heavy atom. The average molecular weight is 352 g/mol. The summed E-state index contributed by atoms with van der Waals surface area (Å²) in [5.41, 5.74) is 0.619. The third-order valence-electron chi connectivity index (χ3n) is 4.36. The maximum atomic E-state index is 10.3. The van der Waals surface area contributed by atoms with Crippen LogP contribution in [-0.4, -0.2) is 59.2 Å². The summed E-state index contributed by atoms with van der Waals surface area (Å²) >= 11 is 0. The van der Waals surface area contributed by atoms with Gasteiger partial charge in [0.25, 0.3) is 0 Å². The van der Waals surface area contributed by atoms with Crippen LogP contribution in [0, 0.1) is 0 Å². The van der Waals surface area contributed by atoms with E-state index in [0.29, 0.717) is 12.2 Å². The van der Waals surface area contributed by atoms with Gasteiger partial charge in [-0.3, -0.25) is 4.74 Å². The fourth-order valence-corrected chi connectivity index (χ4v) is 3.00. The van der Waals surface area contributed by atoms with Crippen molar-refractivity contribution in [3.05, 3.63) is 48.6 Å². The Hall–Kier alpha value is -1.32. The molecule has 0 saturated carbocycles.